The molecule has 1 saturated heterocycles. The molecule has 2 heterocycles. The SMILES string of the molecule is CC1(C)CCc2cc(-c3cccc(N4CCN(C(=O)O)CC4)n3)ccc21. The Morgan fingerprint density at radius 1 is 1.12 bits per heavy atom. The summed E-state index contributed by atoms with van der Waals surface area (Å²) in [6, 6.07) is 12.8. The van der Waals surface area contributed by atoms with Gasteiger partial charge in [-0.15, -0.1) is 0 Å². The van der Waals surface area contributed by atoms with Crippen molar-refractivity contribution in [3.63, 3.8) is 0 Å². The summed E-state index contributed by atoms with van der Waals surface area (Å²) in [7, 11) is 0. The van der Waals surface area contributed by atoms with Crippen molar-refractivity contribution in [3.05, 3.63) is 47.5 Å². The van der Waals surface area contributed by atoms with Crippen LogP contribution in [0.1, 0.15) is 31.4 Å². The molecule has 136 valence electrons. The molecule has 0 atom stereocenters. The number of amides is 1. The van der Waals surface area contributed by atoms with Crippen molar-refractivity contribution < 1.29 is 9.90 Å². The molecule has 1 aliphatic heterocycles. The first-order chi connectivity index (χ1) is 12.4. The fourth-order valence-corrected chi connectivity index (χ4v) is 4.09. The third-order valence-electron chi connectivity index (χ3n) is 5.76. The molecule has 5 heteroatoms. The summed E-state index contributed by atoms with van der Waals surface area (Å²) >= 11 is 0. The number of fused-ring (bicyclic) bond motifs is 1. The van der Waals surface area contributed by atoms with Gasteiger partial charge >= 0.3 is 6.09 Å². The van der Waals surface area contributed by atoms with E-state index < -0.39 is 6.09 Å². The molecule has 1 amide bonds. The van der Waals surface area contributed by atoms with E-state index in [1.807, 2.05) is 12.1 Å². The van der Waals surface area contributed by atoms with Gasteiger partial charge in [-0.05, 0) is 47.6 Å². The molecule has 1 N–H and O–H groups in total. The molecule has 1 aromatic heterocycles. The Kier molecular flexibility index (Phi) is 4.10. The smallest absolute Gasteiger partial charge is 0.407 e. The monoisotopic (exact) mass is 351 g/mol. The number of piperazine rings is 1. The van der Waals surface area contributed by atoms with Gasteiger partial charge in [-0.25, -0.2) is 9.78 Å². The molecule has 1 aliphatic carbocycles. The van der Waals surface area contributed by atoms with E-state index in [9.17, 15) is 4.79 Å². The molecule has 0 spiro atoms. The summed E-state index contributed by atoms with van der Waals surface area (Å²) in [6.45, 7) is 7.04. The number of pyridine rings is 1. The summed E-state index contributed by atoms with van der Waals surface area (Å²) < 4.78 is 0. The molecule has 2 aliphatic rings. The van der Waals surface area contributed by atoms with Crippen LogP contribution in [0.25, 0.3) is 11.3 Å². The second-order valence-corrected chi connectivity index (χ2v) is 7.89. The highest BCUT2D eigenvalue weighted by molar-refractivity contribution is 5.66. The molecule has 1 fully saturated rings. The molecule has 0 bridgehead atoms. The maximum atomic E-state index is 11.1. The van der Waals surface area contributed by atoms with Gasteiger partial charge in [0.05, 0.1) is 5.69 Å². The second kappa shape index (κ2) is 6.31. The van der Waals surface area contributed by atoms with Crippen LogP contribution in [0.5, 0.6) is 0 Å². The van der Waals surface area contributed by atoms with Crippen molar-refractivity contribution in [2.75, 3.05) is 31.1 Å². The third kappa shape index (κ3) is 3.02. The molecule has 26 heavy (non-hydrogen) atoms. The van der Waals surface area contributed by atoms with Crippen LogP contribution < -0.4 is 4.90 Å². The van der Waals surface area contributed by atoms with Gasteiger partial charge in [-0.2, -0.15) is 0 Å². The van der Waals surface area contributed by atoms with E-state index in [0.717, 1.165) is 23.5 Å². The van der Waals surface area contributed by atoms with E-state index in [1.165, 1.54) is 22.4 Å². The molecule has 0 saturated carbocycles. The Morgan fingerprint density at radius 3 is 2.62 bits per heavy atom. The van der Waals surface area contributed by atoms with Crippen molar-refractivity contribution in [2.45, 2.75) is 32.1 Å². The summed E-state index contributed by atoms with van der Waals surface area (Å²) in [5, 5.41) is 9.09. The highest BCUT2D eigenvalue weighted by Crippen LogP contribution is 2.39. The highest BCUT2D eigenvalue weighted by Gasteiger charge is 2.29. The maximum Gasteiger partial charge on any atom is 0.407 e. The zero-order valence-electron chi connectivity index (χ0n) is 15.4. The Labute approximate surface area is 154 Å². The van der Waals surface area contributed by atoms with E-state index in [4.69, 9.17) is 10.1 Å². The average molecular weight is 351 g/mol. The third-order valence-corrected chi connectivity index (χ3v) is 5.76. The maximum absolute atomic E-state index is 11.1. The minimum atomic E-state index is -0.840. The largest absolute Gasteiger partial charge is 0.465 e. The van der Waals surface area contributed by atoms with Gasteiger partial charge in [-0.1, -0.05) is 32.0 Å². The van der Waals surface area contributed by atoms with Crippen molar-refractivity contribution >= 4 is 11.9 Å². The van der Waals surface area contributed by atoms with Crippen molar-refractivity contribution in [1.82, 2.24) is 9.88 Å². The zero-order chi connectivity index (χ0) is 18.3. The van der Waals surface area contributed by atoms with Gasteiger partial charge in [-0.3, -0.25) is 0 Å². The van der Waals surface area contributed by atoms with E-state index in [-0.39, 0.29) is 5.41 Å². The summed E-state index contributed by atoms with van der Waals surface area (Å²) in [6.07, 6.45) is 1.49. The summed E-state index contributed by atoms with van der Waals surface area (Å²) in [5.41, 5.74) is 5.31. The molecule has 0 radical (unpaired) electrons. The van der Waals surface area contributed by atoms with E-state index in [0.29, 0.717) is 26.2 Å². The minimum Gasteiger partial charge on any atom is -0.465 e. The standard InChI is InChI=1S/C21H25N3O2/c1-21(2)9-8-15-14-16(6-7-17(15)21)18-4-3-5-19(22-18)23-10-12-24(13-11-23)20(25)26/h3-7,14H,8-13H2,1-2H3,(H,25,26). The van der Waals surface area contributed by atoms with Crippen LogP contribution in [0, 0.1) is 0 Å². The number of carbonyl (C=O) groups is 1. The predicted octanol–water partition coefficient (Wildman–Crippen LogP) is 3.77. The fraction of sp³-hybridized carbons (Fsp3) is 0.429. The number of hydrogen-bond donors (Lipinski definition) is 1. The van der Waals surface area contributed by atoms with E-state index in [1.54, 1.807) is 0 Å². The van der Waals surface area contributed by atoms with Gasteiger partial charge in [0.25, 0.3) is 0 Å². The van der Waals surface area contributed by atoms with Crippen molar-refractivity contribution in [2.24, 2.45) is 0 Å². The van der Waals surface area contributed by atoms with Gasteiger partial charge in [0, 0.05) is 31.7 Å². The number of carboxylic acid groups (broad SMARTS) is 1. The van der Waals surface area contributed by atoms with Crippen molar-refractivity contribution in [1.29, 1.82) is 0 Å². The van der Waals surface area contributed by atoms with E-state index in [2.05, 4.69) is 43.0 Å². The number of benzene rings is 1. The molecular weight excluding hydrogens is 326 g/mol. The predicted molar refractivity (Wildman–Crippen MR) is 103 cm³/mol. The van der Waals surface area contributed by atoms with Crippen LogP contribution in [0.3, 0.4) is 0 Å². The van der Waals surface area contributed by atoms with Crippen molar-refractivity contribution in [3.8, 4) is 11.3 Å². The Hall–Kier alpha value is -2.56. The van der Waals surface area contributed by atoms with Gasteiger partial charge in [0.2, 0.25) is 0 Å². The second-order valence-electron chi connectivity index (χ2n) is 7.89. The molecule has 4 rings (SSSR count). The Morgan fingerprint density at radius 2 is 1.88 bits per heavy atom. The quantitative estimate of drug-likeness (QED) is 0.895. The average Bonchev–Trinajstić information content (AvgIpc) is 2.96. The van der Waals surface area contributed by atoms with Crippen LogP contribution in [0.15, 0.2) is 36.4 Å². The lowest BCUT2D eigenvalue weighted by molar-refractivity contribution is 0.142. The molecule has 1 aromatic carbocycles. The fourth-order valence-electron chi connectivity index (χ4n) is 4.09. The van der Waals surface area contributed by atoms with Gasteiger partial charge < -0.3 is 14.9 Å². The molecular formula is C21H25N3O2. The first-order valence-corrected chi connectivity index (χ1v) is 9.28. The van der Waals surface area contributed by atoms with Crippen LogP contribution in [-0.4, -0.2) is 47.3 Å². The number of nitrogens with zero attached hydrogens (tertiary/aromatic N) is 3. The first-order valence-electron chi connectivity index (χ1n) is 9.28. The molecule has 0 unspecified atom stereocenters. The Balaban J connectivity index is 1.56. The summed E-state index contributed by atoms with van der Waals surface area (Å²) in [4.78, 5) is 19.6. The topological polar surface area (TPSA) is 56.7 Å². The Bertz CT molecular complexity index is 839. The van der Waals surface area contributed by atoms with Crippen LogP contribution in [0.4, 0.5) is 10.6 Å². The number of hydrogen-bond acceptors (Lipinski definition) is 3. The first kappa shape index (κ1) is 16.9. The number of anilines is 1. The van der Waals surface area contributed by atoms with Gasteiger partial charge in [0.1, 0.15) is 5.82 Å². The summed E-state index contributed by atoms with van der Waals surface area (Å²) in [5.74, 6) is 0.924. The van der Waals surface area contributed by atoms with Crippen LogP contribution >= 0.6 is 0 Å². The highest BCUT2D eigenvalue weighted by atomic mass is 16.4. The van der Waals surface area contributed by atoms with E-state index >= 15 is 0 Å². The number of rotatable bonds is 2. The number of aryl methyl sites for hydroxylation is 1. The molecule has 5 nitrogen and oxygen atoms in total. The number of aromatic nitrogens is 1. The lowest BCUT2D eigenvalue weighted by Crippen LogP contribution is -2.48. The lowest BCUT2D eigenvalue weighted by atomic mass is 9.86. The van der Waals surface area contributed by atoms with Crippen LogP contribution in [0.2, 0.25) is 0 Å². The van der Waals surface area contributed by atoms with Gasteiger partial charge in [0.15, 0.2) is 0 Å². The minimum absolute atomic E-state index is 0.271. The van der Waals surface area contributed by atoms with Crippen LogP contribution in [-0.2, 0) is 11.8 Å². The normalized spacial score (nSPS) is 18.7. The lowest BCUT2D eigenvalue weighted by Gasteiger charge is -2.34. The molecule has 2 aromatic rings. The zero-order valence-corrected chi connectivity index (χ0v) is 15.4.